The molecular formula is C12H12BrF4N3O. The molecule has 2 aromatic rings. The number of hydrogen-bond donors (Lipinski definition) is 3. The van der Waals surface area contributed by atoms with E-state index in [2.05, 4.69) is 31.2 Å². The van der Waals surface area contributed by atoms with Crippen LogP contribution in [-0.4, -0.2) is 28.9 Å². The van der Waals surface area contributed by atoms with Gasteiger partial charge in [0.1, 0.15) is 6.04 Å². The van der Waals surface area contributed by atoms with Crippen molar-refractivity contribution in [1.29, 1.82) is 0 Å². The molecule has 116 valence electrons. The highest BCUT2D eigenvalue weighted by molar-refractivity contribution is 9.10. The molecule has 0 aliphatic heterocycles. The zero-order valence-corrected chi connectivity index (χ0v) is 12.4. The maximum absolute atomic E-state index is 13.8. The molecule has 3 N–H and O–H groups in total. The highest BCUT2D eigenvalue weighted by Crippen LogP contribution is 2.40. The molecule has 0 aliphatic rings. The highest BCUT2D eigenvalue weighted by Gasteiger charge is 2.49. The summed E-state index contributed by atoms with van der Waals surface area (Å²) in [7, 11) is 0. The Hall–Kier alpha value is -1.35. The fraction of sp³-hybridized carbons (Fsp3) is 0.417. The van der Waals surface area contributed by atoms with Crippen molar-refractivity contribution in [2.45, 2.75) is 25.3 Å². The number of benzene rings is 1. The smallest absolute Gasteiger partial charge is 0.306 e. The molecule has 0 radical (unpaired) electrons. The summed E-state index contributed by atoms with van der Waals surface area (Å²) in [6, 6.07) is 0.773. The van der Waals surface area contributed by atoms with Crippen LogP contribution in [0.4, 0.5) is 17.6 Å². The van der Waals surface area contributed by atoms with E-state index >= 15 is 0 Å². The van der Waals surface area contributed by atoms with Crippen molar-refractivity contribution < 1.29 is 17.6 Å². The summed E-state index contributed by atoms with van der Waals surface area (Å²) < 4.78 is 53.0. The Bertz CT molecular complexity index is 697. The predicted octanol–water partition coefficient (Wildman–Crippen LogP) is 3.17. The first-order valence-corrected chi connectivity index (χ1v) is 6.87. The summed E-state index contributed by atoms with van der Waals surface area (Å²) >= 11 is 3.08. The quantitative estimate of drug-likeness (QED) is 0.709. The molecule has 1 heterocycles. The van der Waals surface area contributed by atoms with Crippen molar-refractivity contribution >= 4 is 27.0 Å². The van der Waals surface area contributed by atoms with E-state index in [4.69, 9.17) is 0 Å². The Morgan fingerprint density at radius 3 is 2.38 bits per heavy atom. The van der Waals surface area contributed by atoms with Crippen molar-refractivity contribution in [2.24, 2.45) is 0 Å². The van der Waals surface area contributed by atoms with E-state index in [-0.39, 0.29) is 22.1 Å². The van der Waals surface area contributed by atoms with E-state index in [1.165, 1.54) is 12.1 Å². The molecule has 2 rings (SSSR count). The lowest BCUT2D eigenvalue weighted by Crippen LogP contribution is -2.42. The molecule has 9 heteroatoms. The fourth-order valence-corrected chi connectivity index (χ4v) is 2.65. The van der Waals surface area contributed by atoms with E-state index in [9.17, 15) is 22.4 Å². The molecule has 0 saturated heterocycles. The number of aromatic nitrogens is 2. The average molecular weight is 370 g/mol. The van der Waals surface area contributed by atoms with E-state index in [1.54, 1.807) is 6.92 Å². The first-order valence-electron chi connectivity index (χ1n) is 6.08. The van der Waals surface area contributed by atoms with Crippen LogP contribution in [-0.2, 0) is 0 Å². The third kappa shape index (κ3) is 2.98. The molecule has 1 atom stereocenters. The van der Waals surface area contributed by atoms with Gasteiger partial charge in [-0.25, -0.2) is 13.6 Å². The molecule has 0 saturated carbocycles. The van der Waals surface area contributed by atoms with Gasteiger partial charge in [-0.05, 0) is 24.2 Å². The summed E-state index contributed by atoms with van der Waals surface area (Å²) in [5, 5.41) is 2.37. The third-order valence-corrected chi connectivity index (χ3v) is 3.72. The SMILES string of the molecule is CCNC(c1cc2[nH]c(=O)[nH]c2cc1Br)C(F)(F)C(F)F. The lowest BCUT2D eigenvalue weighted by atomic mass is 10.00. The van der Waals surface area contributed by atoms with Gasteiger partial charge in [0, 0.05) is 4.47 Å². The van der Waals surface area contributed by atoms with Gasteiger partial charge in [0.05, 0.1) is 11.0 Å². The topological polar surface area (TPSA) is 60.7 Å². The van der Waals surface area contributed by atoms with Crippen LogP contribution in [0.3, 0.4) is 0 Å². The maximum Gasteiger partial charge on any atom is 0.326 e. The standard InChI is InChI=1S/C12H12BrF4N3O/c1-2-18-9(12(16,17)10(14)15)5-3-7-8(4-6(5)13)20-11(21)19-7/h3-4,9-10,18H,2H2,1H3,(H2,19,20,21). The summed E-state index contributed by atoms with van der Waals surface area (Å²) in [5.74, 6) is -4.25. The van der Waals surface area contributed by atoms with E-state index in [0.29, 0.717) is 5.52 Å². The Morgan fingerprint density at radius 2 is 1.86 bits per heavy atom. The highest BCUT2D eigenvalue weighted by atomic mass is 79.9. The lowest BCUT2D eigenvalue weighted by Gasteiger charge is -2.28. The summed E-state index contributed by atoms with van der Waals surface area (Å²) in [5.41, 5.74) is 0.108. The minimum absolute atomic E-state index is 0.0510. The van der Waals surface area contributed by atoms with Gasteiger partial charge in [0.15, 0.2) is 0 Å². The minimum Gasteiger partial charge on any atom is -0.306 e. The minimum atomic E-state index is -4.25. The van der Waals surface area contributed by atoms with Crippen LogP contribution < -0.4 is 11.0 Å². The molecule has 1 aromatic heterocycles. The van der Waals surface area contributed by atoms with E-state index in [0.717, 1.165) is 0 Å². The average Bonchev–Trinajstić information content (AvgIpc) is 2.74. The summed E-state index contributed by atoms with van der Waals surface area (Å²) in [6.45, 7) is 1.63. The molecule has 0 fully saturated rings. The lowest BCUT2D eigenvalue weighted by molar-refractivity contribution is -0.151. The first-order chi connectivity index (χ1) is 9.77. The third-order valence-electron chi connectivity index (χ3n) is 3.03. The van der Waals surface area contributed by atoms with Gasteiger partial charge in [0.25, 0.3) is 0 Å². The van der Waals surface area contributed by atoms with Crippen LogP contribution in [0.15, 0.2) is 21.4 Å². The van der Waals surface area contributed by atoms with E-state index in [1.807, 2.05) is 0 Å². The number of alkyl halides is 4. The number of aromatic amines is 2. The van der Waals surface area contributed by atoms with Crippen LogP contribution in [0, 0.1) is 0 Å². The molecule has 21 heavy (non-hydrogen) atoms. The van der Waals surface area contributed by atoms with E-state index < -0.39 is 24.1 Å². The monoisotopic (exact) mass is 369 g/mol. The fourth-order valence-electron chi connectivity index (χ4n) is 2.08. The van der Waals surface area contributed by atoms with Crippen molar-refractivity contribution in [3.8, 4) is 0 Å². The molecule has 0 spiro atoms. The molecule has 0 aliphatic carbocycles. The number of hydrogen-bond acceptors (Lipinski definition) is 2. The van der Waals surface area contributed by atoms with Crippen molar-refractivity contribution in [2.75, 3.05) is 6.54 Å². The van der Waals surface area contributed by atoms with Crippen molar-refractivity contribution in [1.82, 2.24) is 15.3 Å². The van der Waals surface area contributed by atoms with Gasteiger partial charge in [0.2, 0.25) is 0 Å². The van der Waals surface area contributed by atoms with Gasteiger partial charge in [-0.3, -0.25) is 0 Å². The Kier molecular flexibility index (Phi) is 4.43. The van der Waals surface area contributed by atoms with Gasteiger partial charge >= 0.3 is 18.0 Å². The molecule has 0 bridgehead atoms. The van der Waals surface area contributed by atoms with Crippen molar-refractivity contribution in [3.05, 3.63) is 32.7 Å². The number of imidazole rings is 1. The zero-order valence-electron chi connectivity index (χ0n) is 10.8. The number of halogens is 5. The number of H-pyrrole nitrogens is 2. The van der Waals surface area contributed by atoms with Crippen molar-refractivity contribution in [3.63, 3.8) is 0 Å². The maximum atomic E-state index is 13.8. The van der Waals surface area contributed by atoms with Gasteiger partial charge in [-0.2, -0.15) is 8.78 Å². The van der Waals surface area contributed by atoms with Crippen LogP contribution in [0.1, 0.15) is 18.5 Å². The Labute approximate surface area is 125 Å². The summed E-state index contributed by atoms with van der Waals surface area (Å²) in [6.07, 6.45) is -3.81. The first kappa shape index (κ1) is 16.0. The number of nitrogens with one attached hydrogen (secondary N) is 3. The van der Waals surface area contributed by atoms with Crippen LogP contribution >= 0.6 is 15.9 Å². The largest absolute Gasteiger partial charge is 0.326 e. The molecule has 1 aromatic carbocycles. The molecule has 0 amide bonds. The Balaban J connectivity index is 2.59. The second-order valence-electron chi connectivity index (χ2n) is 4.46. The molecule has 4 nitrogen and oxygen atoms in total. The number of fused-ring (bicyclic) bond motifs is 1. The van der Waals surface area contributed by atoms with Crippen LogP contribution in [0.5, 0.6) is 0 Å². The molecule has 1 unspecified atom stereocenters. The second-order valence-corrected chi connectivity index (χ2v) is 5.32. The Morgan fingerprint density at radius 1 is 1.29 bits per heavy atom. The zero-order chi connectivity index (χ0) is 15.8. The van der Waals surface area contributed by atoms with Gasteiger partial charge in [-0.1, -0.05) is 22.9 Å². The van der Waals surface area contributed by atoms with Gasteiger partial charge in [-0.15, -0.1) is 0 Å². The van der Waals surface area contributed by atoms with Crippen LogP contribution in [0.2, 0.25) is 0 Å². The van der Waals surface area contributed by atoms with Crippen LogP contribution in [0.25, 0.3) is 11.0 Å². The predicted molar refractivity (Wildman–Crippen MR) is 74.0 cm³/mol. The number of rotatable bonds is 5. The summed E-state index contributed by atoms with van der Waals surface area (Å²) in [4.78, 5) is 16.1. The molecular weight excluding hydrogens is 358 g/mol. The van der Waals surface area contributed by atoms with Gasteiger partial charge < -0.3 is 15.3 Å². The second kappa shape index (κ2) is 5.80. The normalized spacial score (nSPS) is 14.0.